The SMILES string of the molecule is O=[N+]([O-])c1cccc(S(=O)(=O)N2CCC(c3ccccc3F)S(=O)(=O)CC2)c1. The van der Waals surface area contributed by atoms with Gasteiger partial charge in [-0.3, -0.25) is 10.1 Å². The van der Waals surface area contributed by atoms with Crippen molar-refractivity contribution < 1.29 is 26.1 Å². The number of rotatable bonds is 4. The zero-order valence-corrected chi connectivity index (χ0v) is 16.2. The minimum atomic E-state index is -4.14. The van der Waals surface area contributed by atoms with Gasteiger partial charge in [0.05, 0.1) is 20.8 Å². The highest BCUT2D eigenvalue weighted by molar-refractivity contribution is 7.92. The summed E-state index contributed by atoms with van der Waals surface area (Å²) in [6.07, 6.45) is -0.114. The van der Waals surface area contributed by atoms with E-state index in [2.05, 4.69) is 0 Å². The smallest absolute Gasteiger partial charge is 0.258 e. The lowest BCUT2D eigenvalue weighted by atomic mass is 10.1. The lowest BCUT2D eigenvalue weighted by molar-refractivity contribution is -0.385. The van der Waals surface area contributed by atoms with Crippen molar-refractivity contribution in [3.8, 4) is 0 Å². The van der Waals surface area contributed by atoms with Gasteiger partial charge in [-0.2, -0.15) is 4.31 Å². The first-order valence-electron chi connectivity index (χ1n) is 8.33. The van der Waals surface area contributed by atoms with Gasteiger partial charge in [-0.25, -0.2) is 21.2 Å². The second kappa shape index (κ2) is 7.57. The van der Waals surface area contributed by atoms with E-state index >= 15 is 0 Å². The van der Waals surface area contributed by atoms with Crippen LogP contribution in [0.5, 0.6) is 0 Å². The van der Waals surface area contributed by atoms with Gasteiger partial charge in [-0.15, -0.1) is 0 Å². The highest BCUT2D eigenvalue weighted by atomic mass is 32.2. The second-order valence-corrected chi connectivity index (χ2v) is 10.6. The maximum Gasteiger partial charge on any atom is 0.270 e. The van der Waals surface area contributed by atoms with E-state index in [0.717, 1.165) is 16.4 Å². The quantitative estimate of drug-likeness (QED) is 0.545. The van der Waals surface area contributed by atoms with Crippen molar-refractivity contribution in [2.75, 3.05) is 18.8 Å². The van der Waals surface area contributed by atoms with Gasteiger partial charge < -0.3 is 0 Å². The Hall–Kier alpha value is -2.37. The van der Waals surface area contributed by atoms with Gasteiger partial charge in [0, 0.05) is 30.8 Å². The molecule has 1 unspecified atom stereocenters. The summed E-state index contributed by atoms with van der Waals surface area (Å²) in [4.78, 5) is 9.91. The molecule has 0 spiro atoms. The van der Waals surface area contributed by atoms with Gasteiger partial charge >= 0.3 is 0 Å². The Morgan fingerprint density at radius 1 is 1.11 bits per heavy atom. The Kier molecular flexibility index (Phi) is 5.50. The molecule has 0 N–H and O–H groups in total. The molecule has 0 amide bonds. The second-order valence-electron chi connectivity index (χ2n) is 6.32. The summed E-state index contributed by atoms with van der Waals surface area (Å²) in [5.74, 6) is -1.13. The van der Waals surface area contributed by atoms with Crippen molar-refractivity contribution >= 4 is 25.5 Å². The van der Waals surface area contributed by atoms with E-state index in [1.54, 1.807) is 0 Å². The number of hydrogen-bond donors (Lipinski definition) is 0. The first-order chi connectivity index (χ1) is 13.1. The first-order valence-corrected chi connectivity index (χ1v) is 11.5. The molecule has 0 aliphatic carbocycles. The Bertz CT molecular complexity index is 1120. The molecule has 1 atom stereocenters. The van der Waals surface area contributed by atoms with Crippen molar-refractivity contribution in [3.63, 3.8) is 0 Å². The first kappa shape index (κ1) is 20.4. The average molecular weight is 428 g/mol. The number of sulfone groups is 1. The maximum atomic E-state index is 14.1. The standard InChI is InChI=1S/C17H17FN2O6S2/c18-16-7-2-1-6-15(16)17-8-9-19(10-11-27(17,23)24)28(25,26)14-5-3-4-13(12-14)20(21)22/h1-7,12,17H,8-11H2. The fraction of sp³-hybridized carbons (Fsp3) is 0.294. The summed E-state index contributed by atoms with van der Waals surface area (Å²) in [5, 5.41) is 9.76. The lowest BCUT2D eigenvalue weighted by Crippen LogP contribution is -2.33. The third kappa shape index (κ3) is 3.91. The molecule has 8 nitrogen and oxygen atoms in total. The third-order valence-electron chi connectivity index (χ3n) is 4.62. The van der Waals surface area contributed by atoms with Crippen molar-refractivity contribution in [2.45, 2.75) is 16.6 Å². The van der Waals surface area contributed by atoms with E-state index in [0.29, 0.717) is 0 Å². The summed E-state index contributed by atoms with van der Waals surface area (Å²) >= 11 is 0. The molecule has 1 saturated heterocycles. The number of non-ortho nitro benzene ring substituents is 1. The molecular formula is C17H17FN2O6S2. The Morgan fingerprint density at radius 3 is 2.50 bits per heavy atom. The number of benzene rings is 2. The molecule has 0 bridgehead atoms. The summed E-state index contributed by atoms with van der Waals surface area (Å²) in [6.45, 7) is -0.457. The minimum absolute atomic E-state index is 0.0112. The maximum absolute atomic E-state index is 14.1. The van der Waals surface area contributed by atoms with E-state index in [-0.39, 0.29) is 35.7 Å². The van der Waals surface area contributed by atoms with Crippen molar-refractivity contribution in [1.29, 1.82) is 0 Å². The zero-order chi connectivity index (χ0) is 20.5. The molecule has 1 fully saturated rings. The van der Waals surface area contributed by atoms with E-state index in [1.165, 1.54) is 36.4 Å². The van der Waals surface area contributed by atoms with Crippen LogP contribution in [0.4, 0.5) is 10.1 Å². The fourth-order valence-electron chi connectivity index (χ4n) is 3.16. The van der Waals surface area contributed by atoms with E-state index in [9.17, 15) is 31.3 Å². The van der Waals surface area contributed by atoms with Gasteiger partial charge in [0.25, 0.3) is 5.69 Å². The number of nitro benzene ring substituents is 1. The third-order valence-corrected chi connectivity index (χ3v) is 8.62. The molecular weight excluding hydrogens is 411 g/mol. The van der Waals surface area contributed by atoms with Crippen LogP contribution in [0, 0.1) is 15.9 Å². The van der Waals surface area contributed by atoms with E-state index in [1.807, 2.05) is 0 Å². The number of halogens is 1. The molecule has 2 aromatic rings. The Labute approximate surface area is 161 Å². The van der Waals surface area contributed by atoms with Crippen LogP contribution in [-0.2, 0) is 19.9 Å². The van der Waals surface area contributed by atoms with E-state index in [4.69, 9.17) is 0 Å². The van der Waals surface area contributed by atoms with Crippen LogP contribution in [0.3, 0.4) is 0 Å². The molecule has 3 rings (SSSR count). The number of hydrogen-bond acceptors (Lipinski definition) is 6. The normalized spacial score (nSPS) is 20.4. The van der Waals surface area contributed by atoms with Crippen molar-refractivity contribution in [1.82, 2.24) is 4.31 Å². The topological polar surface area (TPSA) is 115 Å². The van der Waals surface area contributed by atoms with Crippen LogP contribution in [-0.4, -0.2) is 44.9 Å². The van der Waals surface area contributed by atoms with Crippen LogP contribution in [0.25, 0.3) is 0 Å². The molecule has 2 aromatic carbocycles. The molecule has 150 valence electrons. The van der Waals surface area contributed by atoms with E-state index < -0.39 is 41.6 Å². The molecule has 1 aliphatic rings. The number of nitro groups is 1. The molecule has 1 heterocycles. The largest absolute Gasteiger partial charge is 0.270 e. The van der Waals surface area contributed by atoms with Gasteiger partial charge in [0.2, 0.25) is 10.0 Å². The molecule has 0 aromatic heterocycles. The Balaban J connectivity index is 1.93. The predicted molar refractivity (Wildman–Crippen MR) is 99.4 cm³/mol. The van der Waals surface area contributed by atoms with Crippen molar-refractivity contribution in [2.24, 2.45) is 0 Å². The summed E-state index contributed by atoms with van der Waals surface area (Å²) in [5.41, 5.74) is -0.371. The lowest BCUT2D eigenvalue weighted by Gasteiger charge is -2.19. The molecule has 0 saturated carbocycles. The van der Waals surface area contributed by atoms with Crippen LogP contribution >= 0.6 is 0 Å². The fourth-order valence-corrected chi connectivity index (χ4v) is 6.57. The zero-order valence-electron chi connectivity index (χ0n) is 14.6. The summed E-state index contributed by atoms with van der Waals surface area (Å²) < 4.78 is 66.1. The van der Waals surface area contributed by atoms with Crippen LogP contribution < -0.4 is 0 Å². The monoisotopic (exact) mass is 428 g/mol. The molecule has 0 radical (unpaired) electrons. The average Bonchev–Trinajstić information content (AvgIpc) is 2.81. The van der Waals surface area contributed by atoms with Gasteiger partial charge in [-0.05, 0) is 18.6 Å². The van der Waals surface area contributed by atoms with Crippen molar-refractivity contribution in [3.05, 3.63) is 70.0 Å². The molecule has 1 aliphatic heterocycles. The summed E-state index contributed by atoms with van der Waals surface area (Å²) in [7, 11) is -7.92. The van der Waals surface area contributed by atoms with Gasteiger partial charge in [-0.1, -0.05) is 24.3 Å². The summed E-state index contributed by atoms with van der Waals surface area (Å²) in [6, 6.07) is 10.1. The van der Waals surface area contributed by atoms with Crippen LogP contribution in [0.15, 0.2) is 53.4 Å². The molecule has 11 heteroatoms. The Morgan fingerprint density at radius 2 is 1.82 bits per heavy atom. The highest BCUT2D eigenvalue weighted by Crippen LogP contribution is 2.33. The van der Waals surface area contributed by atoms with Gasteiger partial charge in [0.1, 0.15) is 5.82 Å². The predicted octanol–water partition coefficient (Wildman–Crippen LogP) is 2.28. The number of sulfonamides is 1. The van der Waals surface area contributed by atoms with Crippen LogP contribution in [0.2, 0.25) is 0 Å². The number of nitrogens with zero attached hydrogens (tertiary/aromatic N) is 2. The highest BCUT2D eigenvalue weighted by Gasteiger charge is 2.37. The van der Waals surface area contributed by atoms with Crippen LogP contribution in [0.1, 0.15) is 17.2 Å². The molecule has 28 heavy (non-hydrogen) atoms. The minimum Gasteiger partial charge on any atom is -0.258 e. The van der Waals surface area contributed by atoms with Gasteiger partial charge in [0.15, 0.2) is 9.84 Å².